The standard InChI is InChI=1S/C34H27BrFN5O/c1-23(24-17-19-28(36)20-18-24)38-33(42)39-31-21-30-29(22-37-31)32(35)40-41(30)34(25-11-5-2-6-12-25,26-13-7-3-8-14-26)27-15-9-4-10-16-27/h2-23H,1H3,(H2,37,38,39,42)/t23-/m1/s1. The highest BCUT2D eigenvalue weighted by Gasteiger charge is 2.40. The van der Waals surface area contributed by atoms with Crippen LogP contribution in [0.5, 0.6) is 0 Å². The summed E-state index contributed by atoms with van der Waals surface area (Å²) >= 11 is 3.67. The Kier molecular flexibility index (Phi) is 7.54. The van der Waals surface area contributed by atoms with Crippen molar-refractivity contribution >= 4 is 38.7 Å². The summed E-state index contributed by atoms with van der Waals surface area (Å²) in [6.07, 6.45) is 1.70. The minimum absolute atomic E-state index is 0.326. The molecule has 2 heterocycles. The van der Waals surface area contributed by atoms with E-state index in [9.17, 15) is 9.18 Å². The lowest BCUT2D eigenvalue weighted by Crippen LogP contribution is -2.38. The summed E-state index contributed by atoms with van der Waals surface area (Å²) in [5, 5.41) is 11.6. The lowest BCUT2D eigenvalue weighted by Gasteiger charge is -2.37. The van der Waals surface area contributed by atoms with E-state index in [1.807, 2.05) is 72.3 Å². The molecule has 2 N–H and O–H groups in total. The molecule has 2 amide bonds. The number of carbonyl (C=O) groups excluding carboxylic acids is 1. The highest BCUT2D eigenvalue weighted by molar-refractivity contribution is 9.10. The largest absolute Gasteiger partial charge is 0.331 e. The monoisotopic (exact) mass is 619 g/mol. The lowest BCUT2D eigenvalue weighted by atomic mass is 9.77. The molecule has 0 spiro atoms. The maximum atomic E-state index is 13.4. The molecular formula is C34H27BrFN5O. The molecule has 208 valence electrons. The Morgan fingerprint density at radius 3 is 1.88 bits per heavy atom. The van der Waals surface area contributed by atoms with E-state index in [2.05, 4.69) is 67.9 Å². The molecule has 6 aromatic rings. The minimum Gasteiger partial charge on any atom is -0.331 e. The van der Waals surface area contributed by atoms with Crippen LogP contribution >= 0.6 is 15.9 Å². The third kappa shape index (κ3) is 5.05. The summed E-state index contributed by atoms with van der Waals surface area (Å²) in [6.45, 7) is 1.84. The maximum absolute atomic E-state index is 13.4. The molecule has 42 heavy (non-hydrogen) atoms. The van der Waals surface area contributed by atoms with Gasteiger partial charge in [-0.2, -0.15) is 5.10 Å². The average Bonchev–Trinajstić information content (AvgIpc) is 3.35. The van der Waals surface area contributed by atoms with Crippen LogP contribution in [-0.4, -0.2) is 20.8 Å². The van der Waals surface area contributed by atoms with E-state index < -0.39 is 11.6 Å². The van der Waals surface area contributed by atoms with E-state index in [-0.39, 0.29) is 11.9 Å². The van der Waals surface area contributed by atoms with Gasteiger partial charge in [-0.25, -0.2) is 18.9 Å². The number of rotatable bonds is 7. The van der Waals surface area contributed by atoms with Gasteiger partial charge >= 0.3 is 6.03 Å². The first-order valence-corrected chi connectivity index (χ1v) is 14.3. The molecule has 0 fully saturated rings. The van der Waals surface area contributed by atoms with E-state index in [1.165, 1.54) is 12.1 Å². The molecule has 0 aliphatic heterocycles. The van der Waals surface area contributed by atoms with E-state index in [1.54, 1.807) is 18.3 Å². The van der Waals surface area contributed by atoms with E-state index in [4.69, 9.17) is 5.10 Å². The number of nitrogens with one attached hydrogen (secondary N) is 2. The first kappa shape index (κ1) is 27.4. The normalized spacial score (nSPS) is 12.2. The lowest BCUT2D eigenvalue weighted by molar-refractivity contribution is 0.249. The Morgan fingerprint density at radius 1 is 0.833 bits per heavy atom. The number of carbonyl (C=O) groups is 1. The molecular weight excluding hydrogens is 593 g/mol. The number of anilines is 1. The third-order valence-corrected chi connectivity index (χ3v) is 7.96. The second kappa shape index (κ2) is 11.6. The number of hydrogen-bond acceptors (Lipinski definition) is 3. The van der Waals surface area contributed by atoms with Gasteiger partial charge in [-0.1, -0.05) is 103 Å². The Labute approximate surface area is 251 Å². The minimum atomic E-state index is -0.841. The smallest absolute Gasteiger partial charge is 0.320 e. The molecule has 4 aromatic carbocycles. The van der Waals surface area contributed by atoms with Crippen molar-refractivity contribution in [2.75, 3.05) is 5.32 Å². The molecule has 6 rings (SSSR count). The van der Waals surface area contributed by atoms with Gasteiger partial charge in [0, 0.05) is 12.3 Å². The van der Waals surface area contributed by atoms with Gasteiger partial charge in [0.05, 0.1) is 16.9 Å². The van der Waals surface area contributed by atoms with Crippen molar-refractivity contribution in [3.63, 3.8) is 0 Å². The SMILES string of the molecule is C[C@@H](NC(=O)Nc1cc2c(cn1)c(Br)nn2C(c1ccccc1)(c1ccccc1)c1ccccc1)c1ccc(F)cc1. The highest BCUT2D eigenvalue weighted by atomic mass is 79.9. The number of hydrogen-bond donors (Lipinski definition) is 2. The van der Waals surface area contributed by atoms with Crippen molar-refractivity contribution in [1.29, 1.82) is 0 Å². The summed E-state index contributed by atoms with van der Waals surface area (Å²) in [5.74, 6) is 0.0382. The van der Waals surface area contributed by atoms with Gasteiger partial charge in [0.1, 0.15) is 21.8 Å². The van der Waals surface area contributed by atoms with Crippen LogP contribution in [0.2, 0.25) is 0 Å². The molecule has 0 bridgehead atoms. The van der Waals surface area contributed by atoms with Crippen LogP contribution < -0.4 is 10.6 Å². The number of amides is 2. The molecule has 8 heteroatoms. The number of aromatic nitrogens is 3. The number of fused-ring (bicyclic) bond motifs is 1. The van der Waals surface area contributed by atoms with Gasteiger partial charge in [0.2, 0.25) is 0 Å². The number of nitrogens with zero attached hydrogens (tertiary/aromatic N) is 3. The zero-order valence-electron chi connectivity index (χ0n) is 22.7. The van der Waals surface area contributed by atoms with Crippen LogP contribution in [0.15, 0.2) is 132 Å². The Morgan fingerprint density at radius 2 is 1.36 bits per heavy atom. The van der Waals surface area contributed by atoms with Crippen LogP contribution in [0.25, 0.3) is 10.9 Å². The first-order valence-electron chi connectivity index (χ1n) is 13.5. The summed E-state index contributed by atoms with van der Waals surface area (Å²) < 4.78 is 16.0. The van der Waals surface area contributed by atoms with Crippen molar-refractivity contribution in [3.8, 4) is 0 Å². The predicted molar refractivity (Wildman–Crippen MR) is 167 cm³/mol. The van der Waals surface area contributed by atoms with Crippen molar-refractivity contribution in [2.45, 2.75) is 18.5 Å². The topological polar surface area (TPSA) is 71.8 Å². The zero-order chi connectivity index (χ0) is 29.1. The van der Waals surface area contributed by atoms with Gasteiger partial charge in [0.15, 0.2) is 0 Å². The van der Waals surface area contributed by atoms with Crippen molar-refractivity contribution in [1.82, 2.24) is 20.1 Å². The second-order valence-corrected chi connectivity index (χ2v) is 10.7. The van der Waals surface area contributed by atoms with Crippen LogP contribution in [-0.2, 0) is 5.54 Å². The summed E-state index contributed by atoms with van der Waals surface area (Å²) in [6, 6.07) is 37.9. The van der Waals surface area contributed by atoms with Gasteiger partial charge in [0.25, 0.3) is 0 Å². The molecule has 1 atom stereocenters. The van der Waals surface area contributed by atoms with Crippen LogP contribution in [0.3, 0.4) is 0 Å². The quantitative estimate of drug-likeness (QED) is 0.178. The van der Waals surface area contributed by atoms with Crippen LogP contribution in [0.4, 0.5) is 15.0 Å². The molecule has 0 saturated heterocycles. The van der Waals surface area contributed by atoms with E-state index >= 15 is 0 Å². The number of urea groups is 1. The average molecular weight is 621 g/mol. The third-order valence-electron chi connectivity index (χ3n) is 7.37. The summed E-state index contributed by atoms with van der Waals surface area (Å²) in [5.41, 5.74) is 3.79. The fourth-order valence-electron chi connectivity index (χ4n) is 5.39. The Hall–Kier alpha value is -4.82. The van der Waals surface area contributed by atoms with E-state index in [0.29, 0.717) is 10.4 Å². The first-order chi connectivity index (χ1) is 20.5. The predicted octanol–water partition coefficient (Wildman–Crippen LogP) is 8.06. The highest BCUT2D eigenvalue weighted by Crippen LogP contribution is 2.43. The molecule has 2 aromatic heterocycles. The van der Waals surface area contributed by atoms with Crippen LogP contribution in [0, 0.1) is 5.82 Å². The van der Waals surface area contributed by atoms with Gasteiger partial charge in [-0.3, -0.25) is 5.32 Å². The molecule has 0 aliphatic rings. The summed E-state index contributed by atoms with van der Waals surface area (Å²) in [4.78, 5) is 17.5. The molecule has 0 radical (unpaired) electrons. The van der Waals surface area contributed by atoms with Gasteiger partial charge in [-0.15, -0.1) is 0 Å². The second-order valence-electron chi connectivity index (χ2n) is 9.97. The zero-order valence-corrected chi connectivity index (χ0v) is 24.3. The Balaban J connectivity index is 1.47. The van der Waals surface area contributed by atoms with Crippen molar-refractivity contribution in [2.24, 2.45) is 0 Å². The molecule has 0 unspecified atom stereocenters. The maximum Gasteiger partial charge on any atom is 0.320 e. The fraction of sp³-hybridized carbons (Fsp3) is 0.0882. The molecule has 6 nitrogen and oxygen atoms in total. The molecule has 0 saturated carbocycles. The Bertz CT molecular complexity index is 1730. The summed E-state index contributed by atoms with van der Waals surface area (Å²) in [7, 11) is 0. The molecule has 0 aliphatic carbocycles. The van der Waals surface area contributed by atoms with Crippen molar-refractivity contribution < 1.29 is 9.18 Å². The number of halogens is 2. The number of benzene rings is 4. The van der Waals surface area contributed by atoms with E-state index in [0.717, 1.165) is 33.2 Å². The van der Waals surface area contributed by atoms with Gasteiger partial charge < -0.3 is 5.32 Å². The van der Waals surface area contributed by atoms with Gasteiger partial charge in [-0.05, 0) is 57.2 Å². The van der Waals surface area contributed by atoms with Crippen LogP contribution in [0.1, 0.15) is 35.2 Å². The fourth-order valence-corrected chi connectivity index (χ4v) is 5.85. The van der Waals surface area contributed by atoms with Crippen molar-refractivity contribution in [3.05, 3.63) is 160 Å². The number of pyridine rings is 1.